The first kappa shape index (κ1) is 10.9. The van der Waals surface area contributed by atoms with Crippen LogP contribution in [0.4, 0.5) is 0 Å². The van der Waals surface area contributed by atoms with E-state index in [2.05, 4.69) is 6.92 Å². The van der Waals surface area contributed by atoms with E-state index in [1.54, 1.807) is 0 Å². The highest BCUT2D eigenvalue weighted by atomic mass is 16.5. The lowest BCUT2D eigenvalue weighted by atomic mass is 9.87. The van der Waals surface area contributed by atoms with E-state index < -0.39 is 0 Å². The molecule has 15 heavy (non-hydrogen) atoms. The first-order valence-corrected chi connectivity index (χ1v) is 6.08. The highest BCUT2D eigenvalue weighted by Crippen LogP contribution is 2.27. The fraction of sp³-hybridized carbons (Fsp3) is 0.769. The van der Waals surface area contributed by atoms with Crippen LogP contribution >= 0.6 is 0 Å². The summed E-state index contributed by atoms with van der Waals surface area (Å²) in [5.41, 5.74) is 1.34. The molecule has 0 aromatic heterocycles. The van der Waals surface area contributed by atoms with Crippen LogP contribution in [0.15, 0.2) is 11.6 Å². The zero-order valence-corrected chi connectivity index (χ0v) is 9.50. The number of hydrogen-bond donors (Lipinski definition) is 0. The molecular weight excluding hydrogens is 188 g/mol. The summed E-state index contributed by atoms with van der Waals surface area (Å²) >= 11 is 0. The second kappa shape index (κ2) is 4.93. The Morgan fingerprint density at radius 2 is 2.33 bits per heavy atom. The zero-order valence-electron chi connectivity index (χ0n) is 9.50. The van der Waals surface area contributed by atoms with Crippen molar-refractivity contribution in [1.82, 2.24) is 0 Å². The van der Waals surface area contributed by atoms with E-state index >= 15 is 0 Å². The molecule has 2 unspecified atom stereocenters. The predicted molar refractivity (Wildman–Crippen MR) is 59.7 cm³/mol. The molecule has 2 aliphatic rings. The molecule has 2 atom stereocenters. The first-order chi connectivity index (χ1) is 7.24. The second-order valence-corrected chi connectivity index (χ2v) is 4.96. The largest absolute Gasteiger partial charge is 0.378 e. The molecule has 0 N–H and O–H groups in total. The van der Waals surface area contributed by atoms with Crippen molar-refractivity contribution in [3.63, 3.8) is 0 Å². The molecule has 0 aromatic carbocycles. The Hall–Kier alpha value is -0.630. The highest BCUT2D eigenvalue weighted by Gasteiger charge is 2.19. The highest BCUT2D eigenvalue weighted by molar-refractivity contribution is 5.91. The number of carbonyl (C=O) groups excluding carboxylic acids is 1. The molecule has 2 nitrogen and oxygen atoms in total. The average Bonchev–Trinajstić information content (AvgIpc) is 2.65. The molecule has 0 bridgehead atoms. The molecule has 2 rings (SSSR count). The summed E-state index contributed by atoms with van der Waals surface area (Å²) in [4.78, 5) is 11.4. The Labute approximate surface area is 91.7 Å². The third-order valence-corrected chi connectivity index (χ3v) is 3.34. The monoisotopic (exact) mass is 208 g/mol. The number of ether oxygens (including phenoxy) is 1. The van der Waals surface area contributed by atoms with Crippen LogP contribution in [0.25, 0.3) is 0 Å². The van der Waals surface area contributed by atoms with Gasteiger partial charge in [-0.3, -0.25) is 4.79 Å². The molecule has 0 radical (unpaired) electrons. The van der Waals surface area contributed by atoms with Gasteiger partial charge >= 0.3 is 0 Å². The molecular formula is C13H20O2. The molecule has 0 spiro atoms. The van der Waals surface area contributed by atoms with Crippen molar-refractivity contribution >= 4 is 5.78 Å². The summed E-state index contributed by atoms with van der Waals surface area (Å²) in [6, 6.07) is 0. The number of ketones is 1. The Balaban J connectivity index is 1.80. The van der Waals surface area contributed by atoms with E-state index in [9.17, 15) is 4.79 Å². The number of rotatable bonds is 3. The van der Waals surface area contributed by atoms with Crippen molar-refractivity contribution < 1.29 is 9.53 Å². The van der Waals surface area contributed by atoms with E-state index in [4.69, 9.17) is 4.74 Å². The topological polar surface area (TPSA) is 26.3 Å². The standard InChI is InChI=1S/C13H20O2/c1-10-7-11(9-12(14)8-10)4-5-13-3-2-6-15-13/h9-10,13H,2-8H2,1H3. The van der Waals surface area contributed by atoms with Crippen molar-refractivity contribution in [3.05, 3.63) is 11.6 Å². The molecule has 1 aliphatic carbocycles. The number of hydrogen-bond acceptors (Lipinski definition) is 2. The van der Waals surface area contributed by atoms with Gasteiger partial charge in [0.15, 0.2) is 5.78 Å². The van der Waals surface area contributed by atoms with E-state index in [-0.39, 0.29) is 0 Å². The van der Waals surface area contributed by atoms with Crippen LogP contribution in [0.3, 0.4) is 0 Å². The third-order valence-electron chi connectivity index (χ3n) is 3.34. The lowest BCUT2D eigenvalue weighted by Crippen LogP contribution is -2.13. The normalized spacial score (nSPS) is 31.8. The first-order valence-electron chi connectivity index (χ1n) is 6.08. The zero-order chi connectivity index (χ0) is 10.7. The maximum Gasteiger partial charge on any atom is 0.155 e. The Morgan fingerprint density at radius 1 is 1.47 bits per heavy atom. The van der Waals surface area contributed by atoms with Gasteiger partial charge in [0, 0.05) is 13.0 Å². The van der Waals surface area contributed by atoms with Gasteiger partial charge < -0.3 is 4.74 Å². The van der Waals surface area contributed by atoms with Crippen molar-refractivity contribution in [2.24, 2.45) is 5.92 Å². The Bertz CT molecular complexity index is 262. The summed E-state index contributed by atoms with van der Waals surface area (Å²) in [5.74, 6) is 0.859. The van der Waals surface area contributed by atoms with Gasteiger partial charge in [-0.2, -0.15) is 0 Å². The minimum Gasteiger partial charge on any atom is -0.378 e. The lowest BCUT2D eigenvalue weighted by molar-refractivity contribution is -0.115. The van der Waals surface area contributed by atoms with Gasteiger partial charge in [-0.05, 0) is 44.1 Å². The molecule has 1 fully saturated rings. The second-order valence-electron chi connectivity index (χ2n) is 4.96. The van der Waals surface area contributed by atoms with Crippen LogP contribution in [0, 0.1) is 5.92 Å². The van der Waals surface area contributed by atoms with Crippen LogP contribution in [-0.2, 0) is 9.53 Å². The molecule has 1 aliphatic heterocycles. The number of carbonyl (C=O) groups is 1. The van der Waals surface area contributed by atoms with Crippen molar-refractivity contribution in [3.8, 4) is 0 Å². The molecule has 84 valence electrons. The van der Waals surface area contributed by atoms with Crippen LogP contribution in [0.1, 0.15) is 45.4 Å². The quantitative estimate of drug-likeness (QED) is 0.713. The van der Waals surface area contributed by atoms with Crippen LogP contribution in [0.2, 0.25) is 0 Å². The molecule has 0 aromatic rings. The fourth-order valence-electron chi connectivity index (χ4n) is 2.60. The van der Waals surface area contributed by atoms with E-state index in [1.165, 1.54) is 18.4 Å². The molecule has 1 heterocycles. The lowest BCUT2D eigenvalue weighted by Gasteiger charge is -2.19. The molecule has 0 amide bonds. The van der Waals surface area contributed by atoms with Gasteiger partial charge in [0.25, 0.3) is 0 Å². The summed E-state index contributed by atoms with van der Waals surface area (Å²) < 4.78 is 5.59. The van der Waals surface area contributed by atoms with E-state index in [0.29, 0.717) is 17.8 Å². The van der Waals surface area contributed by atoms with E-state index in [1.807, 2.05) is 6.08 Å². The summed E-state index contributed by atoms with van der Waals surface area (Å²) in [5, 5.41) is 0. The van der Waals surface area contributed by atoms with Crippen LogP contribution in [0.5, 0.6) is 0 Å². The predicted octanol–water partition coefficient (Wildman–Crippen LogP) is 2.87. The summed E-state index contributed by atoms with van der Waals surface area (Å²) in [6.07, 6.45) is 8.75. The molecule has 1 saturated heterocycles. The molecule has 2 heteroatoms. The minimum atomic E-state index is 0.316. The van der Waals surface area contributed by atoms with Crippen LogP contribution < -0.4 is 0 Å². The van der Waals surface area contributed by atoms with Crippen LogP contribution in [-0.4, -0.2) is 18.5 Å². The van der Waals surface area contributed by atoms with Crippen molar-refractivity contribution in [1.29, 1.82) is 0 Å². The van der Waals surface area contributed by atoms with Gasteiger partial charge in [-0.1, -0.05) is 12.5 Å². The molecule has 0 saturated carbocycles. The van der Waals surface area contributed by atoms with Gasteiger partial charge in [0.2, 0.25) is 0 Å². The van der Waals surface area contributed by atoms with Gasteiger partial charge in [-0.15, -0.1) is 0 Å². The summed E-state index contributed by atoms with van der Waals surface area (Å²) in [7, 11) is 0. The van der Waals surface area contributed by atoms with Gasteiger partial charge in [-0.25, -0.2) is 0 Å². The SMILES string of the molecule is CC1CC(=O)C=C(CCC2CCCO2)C1. The maximum atomic E-state index is 11.4. The third kappa shape index (κ3) is 3.16. The maximum absolute atomic E-state index is 11.4. The smallest absolute Gasteiger partial charge is 0.155 e. The van der Waals surface area contributed by atoms with Gasteiger partial charge in [0.1, 0.15) is 0 Å². The van der Waals surface area contributed by atoms with Gasteiger partial charge in [0.05, 0.1) is 6.10 Å². The van der Waals surface area contributed by atoms with E-state index in [0.717, 1.165) is 32.3 Å². The Morgan fingerprint density at radius 3 is 3.00 bits per heavy atom. The van der Waals surface area contributed by atoms with Crippen molar-refractivity contribution in [2.45, 2.75) is 51.6 Å². The minimum absolute atomic E-state index is 0.316. The fourth-order valence-corrected chi connectivity index (χ4v) is 2.60. The summed E-state index contributed by atoms with van der Waals surface area (Å²) in [6.45, 7) is 3.09. The Kier molecular flexibility index (Phi) is 3.57. The number of allylic oxidation sites excluding steroid dienone is 2. The van der Waals surface area contributed by atoms with Crippen molar-refractivity contribution in [2.75, 3.05) is 6.61 Å². The average molecular weight is 208 g/mol.